The van der Waals surface area contributed by atoms with Crippen LogP contribution in [0.25, 0.3) is 0 Å². The van der Waals surface area contributed by atoms with E-state index in [-0.39, 0.29) is 0 Å². The summed E-state index contributed by atoms with van der Waals surface area (Å²) in [4.78, 5) is 11.9. The Bertz CT molecular complexity index is 546. The van der Waals surface area contributed by atoms with Crippen molar-refractivity contribution in [1.29, 1.82) is 0 Å². The highest BCUT2D eigenvalue weighted by molar-refractivity contribution is 5.91. The maximum absolute atomic E-state index is 11.9. The first kappa shape index (κ1) is 16.9. The van der Waals surface area contributed by atoms with E-state index < -0.39 is 0 Å². The predicted octanol–water partition coefficient (Wildman–Crippen LogP) is 6.32. The summed E-state index contributed by atoms with van der Waals surface area (Å²) in [5, 5.41) is 0. The van der Waals surface area contributed by atoms with Crippen molar-refractivity contribution in [3.05, 3.63) is 11.6 Å². The molecule has 0 N–H and O–H groups in total. The largest absolute Gasteiger partial charge is 0.295 e. The van der Waals surface area contributed by atoms with Gasteiger partial charge in [-0.1, -0.05) is 39.2 Å². The summed E-state index contributed by atoms with van der Waals surface area (Å²) in [6.07, 6.45) is 16.6. The number of rotatable bonds is 3. The van der Waals surface area contributed by atoms with Gasteiger partial charge in [-0.25, -0.2) is 0 Å². The fourth-order valence-corrected chi connectivity index (χ4v) is 7.59. The minimum absolute atomic E-state index is 0.347. The Morgan fingerprint density at radius 3 is 2.67 bits per heavy atom. The number of unbranched alkanes of at least 4 members (excludes halogenated alkanes) is 1. The molecule has 1 heteroatoms. The van der Waals surface area contributed by atoms with Crippen LogP contribution in [0.4, 0.5) is 0 Å². The summed E-state index contributed by atoms with van der Waals surface area (Å²) in [6.45, 7) is 7.50. The first-order valence-electron chi connectivity index (χ1n) is 10.7. The smallest absolute Gasteiger partial charge is 0.155 e. The molecule has 6 unspecified atom stereocenters. The number of fused-ring (bicyclic) bond motifs is 5. The molecule has 0 amide bonds. The molecule has 24 heavy (non-hydrogen) atoms. The molecule has 3 saturated carbocycles. The Balaban J connectivity index is 1.59. The standard InChI is InChI=1S/C23H36O/c1-4-5-6-16-8-10-20-19-9-7-17-15-18(24)11-13-23(17,3)21(19)12-14-22(16,20)2/h15-16,19-21H,4-14H2,1-3H3. The molecule has 134 valence electrons. The number of carbonyl (C=O) groups is 1. The third-order valence-electron chi connectivity index (χ3n) is 9.06. The van der Waals surface area contributed by atoms with Crippen LogP contribution in [-0.4, -0.2) is 5.78 Å². The molecule has 0 aromatic rings. The quantitative estimate of drug-likeness (QED) is 0.592. The molecule has 0 radical (unpaired) electrons. The van der Waals surface area contributed by atoms with Gasteiger partial charge in [0.1, 0.15) is 0 Å². The monoisotopic (exact) mass is 328 g/mol. The van der Waals surface area contributed by atoms with Gasteiger partial charge in [0, 0.05) is 6.42 Å². The molecule has 4 aliphatic rings. The summed E-state index contributed by atoms with van der Waals surface area (Å²) in [7, 11) is 0. The van der Waals surface area contributed by atoms with Crippen molar-refractivity contribution in [2.24, 2.45) is 34.5 Å². The molecule has 0 aromatic carbocycles. The maximum atomic E-state index is 11.9. The zero-order valence-electron chi connectivity index (χ0n) is 16.1. The molecule has 4 aliphatic carbocycles. The van der Waals surface area contributed by atoms with Gasteiger partial charge in [0.25, 0.3) is 0 Å². The third kappa shape index (κ3) is 2.36. The summed E-state index contributed by atoms with van der Waals surface area (Å²) >= 11 is 0. The fraction of sp³-hybridized carbons (Fsp3) is 0.870. The second-order valence-corrected chi connectivity index (χ2v) is 9.93. The molecule has 0 saturated heterocycles. The van der Waals surface area contributed by atoms with Crippen molar-refractivity contribution in [2.45, 2.75) is 91.4 Å². The summed E-state index contributed by atoms with van der Waals surface area (Å²) in [5.74, 6) is 4.14. The molecule has 0 aromatic heterocycles. The van der Waals surface area contributed by atoms with E-state index in [1.807, 2.05) is 6.08 Å². The van der Waals surface area contributed by atoms with E-state index in [4.69, 9.17) is 0 Å². The predicted molar refractivity (Wildman–Crippen MR) is 99.7 cm³/mol. The van der Waals surface area contributed by atoms with Gasteiger partial charge in [-0.2, -0.15) is 0 Å². The van der Waals surface area contributed by atoms with E-state index in [1.54, 1.807) is 0 Å². The van der Waals surface area contributed by atoms with Gasteiger partial charge < -0.3 is 0 Å². The number of hydrogen-bond acceptors (Lipinski definition) is 1. The first-order valence-corrected chi connectivity index (χ1v) is 10.7. The van der Waals surface area contributed by atoms with Crippen LogP contribution in [0.3, 0.4) is 0 Å². The topological polar surface area (TPSA) is 17.1 Å². The van der Waals surface area contributed by atoms with E-state index in [9.17, 15) is 4.79 Å². The van der Waals surface area contributed by atoms with Crippen molar-refractivity contribution < 1.29 is 4.79 Å². The molecule has 0 heterocycles. The van der Waals surface area contributed by atoms with Crippen molar-refractivity contribution in [1.82, 2.24) is 0 Å². The Kier molecular flexibility index (Phi) is 4.21. The zero-order chi connectivity index (χ0) is 16.9. The Hall–Kier alpha value is -0.590. The van der Waals surface area contributed by atoms with E-state index in [0.717, 1.165) is 36.5 Å². The molecule has 0 aliphatic heterocycles. The van der Waals surface area contributed by atoms with Gasteiger partial charge in [-0.3, -0.25) is 4.79 Å². The fourth-order valence-electron chi connectivity index (χ4n) is 7.59. The minimum atomic E-state index is 0.347. The van der Waals surface area contributed by atoms with Crippen LogP contribution in [0.15, 0.2) is 11.6 Å². The van der Waals surface area contributed by atoms with Crippen LogP contribution < -0.4 is 0 Å². The highest BCUT2D eigenvalue weighted by atomic mass is 16.1. The van der Waals surface area contributed by atoms with Crippen LogP contribution in [-0.2, 0) is 4.79 Å². The Morgan fingerprint density at radius 2 is 1.88 bits per heavy atom. The molecule has 0 spiro atoms. The molecule has 6 atom stereocenters. The Morgan fingerprint density at radius 1 is 1.04 bits per heavy atom. The van der Waals surface area contributed by atoms with Crippen molar-refractivity contribution in [3.63, 3.8) is 0 Å². The van der Waals surface area contributed by atoms with Gasteiger partial charge in [-0.05, 0) is 91.9 Å². The lowest BCUT2D eigenvalue weighted by Gasteiger charge is -2.58. The first-order chi connectivity index (χ1) is 11.5. The van der Waals surface area contributed by atoms with Gasteiger partial charge in [-0.15, -0.1) is 0 Å². The molecule has 3 fully saturated rings. The molecular weight excluding hydrogens is 292 g/mol. The number of ketones is 1. The lowest BCUT2D eigenvalue weighted by molar-refractivity contribution is -0.117. The average Bonchev–Trinajstić information content (AvgIpc) is 2.90. The number of allylic oxidation sites excluding steroid dienone is 1. The average molecular weight is 329 g/mol. The van der Waals surface area contributed by atoms with Crippen molar-refractivity contribution in [3.8, 4) is 0 Å². The SMILES string of the molecule is CCCCC1CCC2C3CCC4=CC(=O)CCC4(C)C3CCC12C. The van der Waals surface area contributed by atoms with Crippen LogP contribution >= 0.6 is 0 Å². The van der Waals surface area contributed by atoms with Crippen LogP contribution in [0.5, 0.6) is 0 Å². The lowest BCUT2D eigenvalue weighted by atomic mass is 9.46. The van der Waals surface area contributed by atoms with Gasteiger partial charge >= 0.3 is 0 Å². The molecule has 4 rings (SSSR count). The third-order valence-corrected chi connectivity index (χ3v) is 9.06. The van der Waals surface area contributed by atoms with Crippen molar-refractivity contribution in [2.75, 3.05) is 0 Å². The van der Waals surface area contributed by atoms with Gasteiger partial charge in [0.2, 0.25) is 0 Å². The van der Waals surface area contributed by atoms with Gasteiger partial charge in [0.05, 0.1) is 0 Å². The maximum Gasteiger partial charge on any atom is 0.155 e. The van der Waals surface area contributed by atoms with E-state index in [1.165, 1.54) is 63.4 Å². The minimum Gasteiger partial charge on any atom is -0.295 e. The van der Waals surface area contributed by atoms with E-state index >= 15 is 0 Å². The van der Waals surface area contributed by atoms with E-state index in [2.05, 4.69) is 20.8 Å². The summed E-state index contributed by atoms with van der Waals surface area (Å²) in [6, 6.07) is 0. The number of hydrogen-bond donors (Lipinski definition) is 0. The van der Waals surface area contributed by atoms with Crippen LogP contribution in [0.1, 0.15) is 91.4 Å². The summed E-state index contributed by atoms with van der Waals surface area (Å²) < 4.78 is 0. The number of carbonyl (C=O) groups excluding carboxylic acids is 1. The lowest BCUT2D eigenvalue weighted by Crippen LogP contribution is -2.50. The molecule has 1 nitrogen and oxygen atoms in total. The normalized spacial score (nSPS) is 47.6. The van der Waals surface area contributed by atoms with E-state index in [0.29, 0.717) is 16.6 Å². The molecular formula is C23H36O. The second kappa shape index (κ2) is 5.99. The Labute approximate surface area is 148 Å². The van der Waals surface area contributed by atoms with Crippen LogP contribution in [0, 0.1) is 34.5 Å². The highest BCUT2D eigenvalue weighted by Crippen LogP contribution is 2.67. The summed E-state index contributed by atoms with van der Waals surface area (Å²) in [5.41, 5.74) is 2.49. The van der Waals surface area contributed by atoms with Crippen molar-refractivity contribution >= 4 is 5.78 Å². The van der Waals surface area contributed by atoms with Gasteiger partial charge in [0.15, 0.2) is 5.78 Å². The zero-order valence-corrected chi connectivity index (χ0v) is 16.1. The second-order valence-electron chi connectivity index (χ2n) is 9.93. The molecule has 0 bridgehead atoms. The highest BCUT2D eigenvalue weighted by Gasteiger charge is 2.58. The van der Waals surface area contributed by atoms with Crippen LogP contribution in [0.2, 0.25) is 0 Å².